The van der Waals surface area contributed by atoms with Crippen LogP contribution < -0.4 is 4.74 Å². The predicted octanol–water partition coefficient (Wildman–Crippen LogP) is -0.341. The first-order chi connectivity index (χ1) is 5.90. The first-order valence-electron chi connectivity index (χ1n) is 3.14. The highest BCUT2D eigenvalue weighted by Gasteiger charge is 2.07. The van der Waals surface area contributed by atoms with E-state index in [0.717, 1.165) is 0 Å². The van der Waals surface area contributed by atoms with Crippen molar-refractivity contribution in [1.29, 1.82) is 0 Å². The molecule has 0 radical (unpaired) electrons. The van der Waals surface area contributed by atoms with Gasteiger partial charge in [0.2, 0.25) is 0 Å². The molecule has 0 spiro atoms. The molecule has 0 aliphatic rings. The quantitative estimate of drug-likeness (QED) is 0.608. The zero-order chi connectivity index (χ0) is 8.39. The fourth-order valence-electron chi connectivity index (χ4n) is 0.680. The molecule has 0 atom stereocenters. The van der Waals surface area contributed by atoms with Gasteiger partial charge in [-0.15, -0.1) is 0 Å². The zero-order valence-corrected chi connectivity index (χ0v) is 6.21. The molecular formula is C5H5N5O2. The minimum atomic E-state index is 0.0855. The van der Waals surface area contributed by atoms with Gasteiger partial charge in [-0.2, -0.15) is 10.2 Å². The SMILES string of the molecule is COc1nnc(-n2nccn2)o1. The Morgan fingerprint density at radius 3 is 2.67 bits per heavy atom. The van der Waals surface area contributed by atoms with E-state index in [-0.39, 0.29) is 12.1 Å². The highest BCUT2D eigenvalue weighted by Crippen LogP contribution is 2.08. The van der Waals surface area contributed by atoms with E-state index in [0.29, 0.717) is 0 Å². The second kappa shape index (κ2) is 2.61. The van der Waals surface area contributed by atoms with E-state index < -0.39 is 0 Å². The highest BCUT2D eigenvalue weighted by molar-refractivity contribution is 4.98. The molecule has 0 fully saturated rings. The summed E-state index contributed by atoms with van der Waals surface area (Å²) in [4.78, 5) is 1.20. The molecule has 7 heteroatoms. The van der Waals surface area contributed by atoms with Gasteiger partial charge in [-0.3, -0.25) is 0 Å². The van der Waals surface area contributed by atoms with E-state index in [2.05, 4.69) is 25.1 Å². The van der Waals surface area contributed by atoms with Crippen LogP contribution in [0.1, 0.15) is 0 Å². The molecule has 2 heterocycles. The third kappa shape index (κ3) is 1.00. The number of ether oxygens (including phenoxy) is 1. The minimum Gasteiger partial charge on any atom is -0.452 e. The van der Waals surface area contributed by atoms with Crippen molar-refractivity contribution in [3.8, 4) is 12.1 Å². The van der Waals surface area contributed by atoms with Crippen LogP contribution in [-0.4, -0.2) is 32.3 Å². The Hall–Kier alpha value is -1.92. The average Bonchev–Trinajstić information content (AvgIpc) is 2.75. The lowest BCUT2D eigenvalue weighted by Crippen LogP contribution is -1.97. The zero-order valence-electron chi connectivity index (χ0n) is 6.21. The van der Waals surface area contributed by atoms with Crippen LogP contribution in [-0.2, 0) is 0 Å². The van der Waals surface area contributed by atoms with Crippen LogP contribution in [0.25, 0.3) is 6.01 Å². The lowest BCUT2D eigenvalue weighted by molar-refractivity contribution is 0.284. The number of hydrogen-bond acceptors (Lipinski definition) is 6. The maximum absolute atomic E-state index is 4.97. The number of methoxy groups -OCH3 is 1. The summed E-state index contributed by atoms with van der Waals surface area (Å²) in [6.45, 7) is 0. The Balaban J connectivity index is 2.35. The van der Waals surface area contributed by atoms with Gasteiger partial charge < -0.3 is 9.15 Å². The summed E-state index contributed by atoms with van der Waals surface area (Å²) in [5.74, 6) is 0. The first kappa shape index (κ1) is 6.77. The van der Waals surface area contributed by atoms with Crippen molar-refractivity contribution in [3.05, 3.63) is 12.4 Å². The molecule has 7 nitrogen and oxygen atoms in total. The normalized spacial score (nSPS) is 10.1. The fraction of sp³-hybridized carbons (Fsp3) is 0.200. The third-order valence-corrected chi connectivity index (χ3v) is 1.16. The maximum atomic E-state index is 4.97. The molecule has 0 aliphatic carbocycles. The van der Waals surface area contributed by atoms with Crippen LogP contribution in [0.2, 0.25) is 0 Å². The van der Waals surface area contributed by atoms with Gasteiger partial charge in [0.25, 0.3) is 0 Å². The van der Waals surface area contributed by atoms with Gasteiger partial charge in [0.1, 0.15) is 0 Å². The van der Waals surface area contributed by atoms with E-state index >= 15 is 0 Å². The van der Waals surface area contributed by atoms with Crippen molar-refractivity contribution in [2.75, 3.05) is 7.11 Å². The Bertz CT molecular complexity index is 354. The summed E-state index contributed by atoms with van der Waals surface area (Å²) in [6, 6.07) is 0.178. The molecule has 0 amide bonds. The van der Waals surface area contributed by atoms with Crippen LogP contribution >= 0.6 is 0 Å². The van der Waals surface area contributed by atoms with E-state index in [9.17, 15) is 0 Å². The molecule has 2 aromatic heterocycles. The van der Waals surface area contributed by atoms with Crippen molar-refractivity contribution in [3.63, 3.8) is 0 Å². The fourth-order valence-corrected chi connectivity index (χ4v) is 0.680. The van der Waals surface area contributed by atoms with Crippen LogP contribution in [0, 0.1) is 0 Å². The van der Waals surface area contributed by atoms with Gasteiger partial charge in [-0.25, -0.2) is 0 Å². The lowest BCUT2D eigenvalue weighted by atomic mass is 11.0. The van der Waals surface area contributed by atoms with E-state index in [1.165, 1.54) is 24.3 Å². The molecule has 0 aromatic carbocycles. The number of aromatic nitrogens is 5. The summed E-state index contributed by atoms with van der Waals surface area (Å²) in [5, 5.41) is 14.8. The van der Waals surface area contributed by atoms with Crippen molar-refractivity contribution < 1.29 is 9.15 Å². The summed E-state index contributed by atoms with van der Waals surface area (Å²) in [7, 11) is 1.44. The van der Waals surface area contributed by atoms with E-state index in [1.54, 1.807) is 0 Å². The van der Waals surface area contributed by atoms with E-state index in [4.69, 9.17) is 4.42 Å². The number of rotatable bonds is 2. The van der Waals surface area contributed by atoms with Gasteiger partial charge in [0, 0.05) is 0 Å². The largest absolute Gasteiger partial charge is 0.452 e. The molecule has 0 saturated heterocycles. The second-order valence-corrected chi connectivity index (χ2v) is 1.87. The molecule has 12 heavy (non-hydrogen) atoms. The van der Waals surface area contributed by atoms with Gasteiger partial charge in [0.05, 0.1) is 19.5 Å². The highest BCUT2D eigenvalue weighted by atomic mass is 16.6. The standard InChI is InChI=1S/C5H5N5O2/c1-11-5-9-8-4(12-5)10-6-2-3-7-10/h2-3H,1H3. The van der Waals surface area contributed by atoms with Crippen molar-refractivity contribution >= 4 is 0 Å². The van der Waals surface area contributed by atoms with Crippen LogP contribution in [0.3, 0.4) is 0 Å². The summed E-state index contributed by atoms with van der Waals surface area (Å²) >= 11 is 0. The molecule has 0 unspecified atom stereocenters. The molecule has 0 aliphatic heterocycles. The van der Waals surface area contributed by atoms with Gasteiger partial charge in [0.15, 0.2) is 0 Å². The topological polar surface area (TPSA) is 78.9 Å². The lowest BCUT2D eigenvalue weighted by Gasteiger charge is -1.87. The average molecular weight is 167 g/mol. The van der Waals surface area contributed by atoms with Gasteiger partial charge in [-0.1, -0.05) is 15.0 Å². The summed E-state index contributed by atoms with van der Waals surface area (Å²) < 4.78 is 9.65. The van der Waals surface area contributed by atoms with E-state index in [1.807, 2.05) is 0 Å². The number of nitrogens with zero attached hydrogens (tertiary/aromatic N) is 5. The Labute approximate surface area is 67.0 Å². The molecule has 2 aromatic rings. The van der Waals surface area contributed by atoms with Gasteiger partial charge in [-0.05, 0) is 0 Å². The second-order valence-electron chi connectivity index (χ2n) is 1.87. The molecule has 0 bridgehead atoms. The molecule has 0 saturated carbocycles. The van der Waals surface area contributed by atoms with Crippen LogP contribution in [0.4, 0.5) is 0 Å². The molecule has 0 N–H and O–H groups in total. The Morgan fingerprint density at radius 1 is 1.33 bits per heavy atom. The monoisotopic (exact) mass is 167 g/mol. The van der Waals surface area contributed by atoms with Gasteiger partial charge >= 0.3 is 12.1 Å². The van der Waals surface area contributed by atoms with Crippen molar-refractivity contribution in [1.82, 2.24) is 25.2 Å². The van der Waals surface area contributed by atoms with Crippen molar-refractivity contribution in [2.45, 2.75) is 0 Å². The van der Waals surface area contributed by atoms with Crippen LogP contribution in [0.5, 0.6) is 6.08 Å². The summed E-state index contributed by atoms with van der Waals surface area (Å²) in [6.07, 6.45) is 3.11. The first-order valence-corrected chi connectivity index (χ1v) is 3.14. The smallest absolute Gasteiger partial charge is 0.415 e. The third-order valence-electron chi connectivity index (χ3n) is 1.16. The molecule has 2 rings (SSSR count). The number of hydrogen-bond donors (Lipinski definition) is 0. The molecular weight excluding hydrogens is 162 g/mol. The minimum absolute atomic E-state index is 0.0855. The van der Waals surface area contributed by atoms with Crippen LogP contribution in [0.15, 0.2) is 16.8 Å². The predicted molar refractivity (Wildman–Crippen MR) is 35.8 cm³/mol. The van der Waals surface area contributed by atoms with Crippen molar-refractivity contribution in [2.24, 2.45) is 0 Å². The molecule has 62 valence electrons. The summed E-state index contributed by atoms with van der Waals surface area (Å²) in [5.41, 5.74) is 0. The Morgan fingerprint density at radius 2 is 2.08 bits per heavy atom. The maximum Gasteiger partial charge on any atom is 0.415 e. The Kier molecular flexibility index (Phi) is 1.47.